The van der Waals surface area contributed by atoms with E-state index >= 15 is 0 Å². The van der Waals surface area contributed by atoms with Gasteiger partial charge in [-0.05, 0) is 48.7 Å². The Hall–Kier alpha value is -2.87. The zero-order valence-corrected chi connectivity index (χ0v) is 17.2. The maximum Gasteiger partial charge on any atom is 0.416 e. The summed E-state index contributed by atoms with van der Waals surface area (Å²) >= 11 is 1.23. The van der Waals surface area contributed by atoms with Crippen molar-refractivity contribution in [1.82, 2.24) is 4.98 Å². The number of hydrogen-bond donors (Lipinski definition) is 2. The lowest BCUT2D eigenvalue weighted by Gasteiger charge is -2.09. The number of alkyl halides is 3. The molecule has 0 aliphatic carbocycles. The van der Waals surface area contributed by atoms with Crippen molar-refractivity contribution in [3.63, 3.8) is 0 Å². The van der Waals surface area contributed by atoms with Gasteiger partial charge in [-0.1, -0.05) is 31.5 Å². The Labute approximate surface area is 177 Å². The van der Waals surface area contributed by atoms with Gasteiger partial charge >= 0.3 is 6.18 Å². The first-order chi connectivity index (χ1) is 14.3. The Morgan fingerprint density at radius 2 is 1.87 bits per heavy atom. The van der Waals surface area contributed by atoms with Gasteiger partial charge in [0.25, 0.3) is 0 Å². The molecular formula is C22H22F3N3OS. The first-order valence-corrected chi connectivity index (χ1v) is 10.5. The van der Waals surface area contributed by atoms with Crippen molar-refractivity contribution in [1.29, 1.82) is 0 Å². The number of thiazole rings is 1. The number of carbonyl (C=O) groups excluding carboxylic acids is 1. The molecule has 0 spiro atoms. The molecule has 0 fully saturated rings. The lowest BCUT2D eigenvalue weighted by Crippen LogP contribution is -2.14. The van der Waals surface area contributed by atoms with E-state index in [0.717, 1.165) is 37.1 Å². The van der Waals surface area contributed by atoms with Crippen molar-refractivity contribution < 1.29 is 18.0 Å². The second-order valence-electron chi connectivity index (χ2n) is 6.87. The van der Waals surface area contributed by atoms with Gasteiger partial charge in [0.1, 0.15) is 0 Å². The molecule has 3 rings (SSSR count). The monoisotopic (exact) mass is 433 g/mol. The normalized spacial score (nSPS) is 11.3. The fraction of sp³-hybridized carbons (Fsp3) is 0.273. The number of aryl methyl sites for hydroxylation is 1. The van der Waals surface area contributed by atoms with Gasteiger partial charge < -0.3 is 10.6 Å². The van der Waals surface area contributed by atoms with Crippen LogP contribution in [0.4, 0.5) is 29.7 Å². The number of hydrogen-bond acceptors (Lipinski definition) is 4. The molecule has 1 amide bonds. The van der Waals surface area contributed by atoms with Crippen molar-refractivity contribution in [3.8, 4) is 0 Å². The van der Waals surface area contributed by atoms with Crippen LogP contribution in [0.25, 0.3) is 0 Å². The molecule has 158 valence electrons. The van der Waals surface area contributed by atoms with Gasteiger partial charge in [0.15, 0.2) is 5.13 Å². The number of anilines is 3. The van der Waals surface area contributed by atoms with E-state index in [4.69, 9.17) is 0 Å². The maximum atomic E-state index is 12.8. The molecule has 2 N–H and O–H groups in total. The van der Waals surface area contributed by atoms with Crippen LogP contribution in [0.1, 0.15) is 36.6 Å². The summed E-state index contributed by atoms with van der Waals surface area (Å²) in [5.74, 6) is -0.202. The second kappa shape index (κ2) is 9.75. The van der Waals surface area contributed by atoms with Crippen LogP contribution in [0.5, 0.6) is 0 Å². The second-order valence-corrected chi connectivity index (χ2v) is 7.73. The smallest absolute Gasteiger partial charge is 0.332 e. The van der Waals surface area contributed by atoms with Gasteiger partial charge in [0.2, 0.25) is 5.91 Å². The minimum Gasteiger partial charge on any atom is -0.332 e. The summed E-state index contributed by atoms with van der Waals surface area (Å²) < 4.78 is 38.5. The summed E-state index contributed by atoms with van der Waals surface area (Å²) in [6.45, 7) is 2.15. The highest BCUT2D eigenvalue weighted by Gasteiger charge is 2.30. The molecule has 2 aromatic carbocycles. The highest BCUT2D eigenvalue weighted by Crippen LogP contribution is 2.31. The molecule has 0 bridgehead atoms. The number of nitrogens with one attached hydrogen (secondary N) is 2. The molecule has 1 heterocycles. The lowest BCUT2D eigenvalue weighted by molar-refractivity contribution is -0.137. The lowest BCUT2D eigenvalue weighted by atomic mass is 10.1. The van der Waals surface area contributed by atoms with Gasteiger partial charge in [-0.25, -0.2) is 4.98 Å². The molecule has 8 heteroatoms. The maximum absolute atomic E-state index is 12.8. The molecular weight excluding hydrogens is 411 g/mol. The molecule has 0 saturated carbocycles. The van der Waals surface area contributed by atoms with Crippen LogP contribution < -0.4 is 10.6 Å². The van der Waals surface area contributed by atoms with E-state index in [1.54, 1.807) is 5.38 Å². The topological polar surface area (TPSA) is 54.0 Å². The van der Waals surface area contributed by atoms with E-state index in [9.17, 15) is 18.0 Å². The third-order valence-electron chi connectivity index (χ3n) is 4.39. The molecule has 3 aromatic rings. The van der Waals surface area contributed by atoms with E-state index in [2.05, 4.69) is 22.5 Å². The van der Waals surface area contributed by atoms with Gasteiger partial charge in [-0.15, -0.1) is 11.3 Å². The first kappa shape index (κ1) is 21.8. The number of amides is 1. The Morgan fingerprint density at radius 3 is 2.57 bits per heavy atom. The Bertz CT molecular complexity index is 984. The van der Waals surface area contributed by atoms with Crippen molar-refractivity contribution in [3.05, 3.63) is 70.7 Å². The van der Waals surface area contributed by atoms with Crippen molar-refractivity contribution >= 4 is 33.8 Å². The van der Waals surface area contributed by atoms with Crippen LogP contribution in [-0.4, -0.2) is 10.9 Å². The summed E-state index contributed by atoms with van der Waals surface area (Å²) in [6.07, 6.45) is -1.04. The largest absolute Gasteiger partial charge is 0.416 e. The number of aromatic nitrogens is 1. The molecule has 0 unspecified atom stereocenters. The van der Waals surface area contributed by atoms with E-state index in [-0.39, 0.29) is 12.3 Å². The van der Waals surface area contributed by atoms with Gasteiger partial charge in [0, 0.05) is 16.8 Å². The Morgan fingerprint density at radius 1 is 1.10 bits per heavy atom. The van der Waals surface area contributed by atoms with Crippen LogP contribution in [0.2, 0.25) is 0 Å². The number of benzene rings is 2. The Kier molecular flexibility index (Phi) is 7.10. The van der Waals surface area contributed by atoms with Gasteiger partial charge in [0.05, 0.1) is 17.7 Å². The third-order valence-corrected chi connectivity index (χ3v) is 5.20. The quantitative estimate of drug-likeness (QED) is 0.430. The molecule has 4 nitrogen and oxygen atoms in total. The SMILES string of the molecule is CCCCc1ccc(NC(=O)Cc2csc(Nc3cccc(C(F)(F)F)c3)n2)cc1. The fourth-order valence-electron chi connectivity index (χ4n) is 2.85. The molecule has 0 atom stereocenters. The average Bonchev–Trinajstić information content (AvgIpc) is 3.13. The van der Waals surface area contributed by atoms with Gasteiger partial charge in [-0.2, -0.15) is 13.2 Å². The summed E-state index contributed by atoms with van der Waals surface area (Å²) in [7, 11) is 0. The minimum atomic E-state index is -4.40. The average molecular weight is 433 g/mol. The zero-order valence-electron chi connectivity index (χ0n) is 16.4. The highest BCUT2D eigenvalue weighted by molar-refractivity contribution is 7.13. The highest BCUT2D eigenvalue weighted by atomic mass is 32.1. The number of halogens is 3. The van der Waals surface area contributed by atoms with Crippen molar-refractivity contribution in [2.24, 2.45) is 0 Å². The third kappa shape index (κ3) is 6.32. The molecule has 1 aromatic heterocycles. The van der Waals surface area contributed by atoms with Crippen LogP contribution in [0, 0.1) is 0 Å². The molecule has 0 radical (unpaired) electrons. The van der Waals surface area contributed by atoms with E-state index < -0.39 is 11.7 Å². The van der Waals surface area contributed by atoms with E-state index in [0.29, 0.717) is 16.5 Å². The minimum absolute atomic E-state index is 0.0817. The van der Waals surface area contributed by atoms with Crippen molar-refractivity contribution in [2.75, 3.05) is 10.6 Å². The fourth-order valence-corrected chi connectivity index (χ4v) is 3.58. The predicted octanol–water partition coefficient (Wildman–Crippen LogP) is 6.43. The zero-order chi connectivity index (χ0) is 21.6. The summed E-state index contributed by atoms with van der Waals surface area (Å²) in [4.78, 5) is 16.6. The van der Waals surface area contributed by atoms with E-state index in [1.807, 2.05) is 24.3 Å². The van der Waals surface area contributed by atoms with Crippen LogP contribution in [0.3, 0.4) is 0 Å². The van der Waals surface area contributed by atoms with E-state index in [1.165, 1.54) is 29.0 Å². The molecule has 30 heavy (non-hydrogen) atoms. The van der Waals surface area contributed by atoms with Gasteiger partial charge in [-0.3, -0.25) is 4.79 Å². The first-order valence-electron chi connectivity index (χ1n) is 9.61. The number of carbonyl (C=O) groups is 1. The van der Waals surface area contributed by atoms with Crippen LogP contribution in [-0.2, 0) is 23.8 Å². The summed E-state index contributed by atoms with van der Waals surface area (Å²) in [5.41, 5.74) is 2.06. The van der Waals surface area contributed by atoms with Crippen LogP contribution >= 0.6 is 11.3 Å². The molecule has 0 saturated heterocycles. The number of unbranched alkanes of at least 4 members (excludes halogenated alkanes) is 1. The molecule has 0 aliphatic rings. The van der Waals surface area contributed by atoms with Crippen molar-refractivity contribution in [2.45, 2.75) is 38.8 Å². The summed E-state index contributed by atoms with van der Waals surface area (Å²) in [5, 5.41) is 7.84. The Balaban J connectivity index is 1.55. The standard InChI is InChI=1S/C22H22F3N3OS/c1-2-3-5-15-8-10-17(11-9-15)26-20(29)13-19-14-30-21(28-19)27-18-7-4-6-16(12-18)22(23,24)25/h4,6-12,14H,2-3,5,13H2,1H3,(H,26,29)(H,27,28). The van der Waals surface area contributed by atoms with Crippen LogP contribution in [0.15, 0.2) is 53.9 Å². The number of rotatable bonds is 8. The summed E-state index contributed by atoms with van der Waals surface area (Å²) in [6, 6.07) is 12.7. The number of nitrogens with zero attached hydrogens (tertiary/aromatic N) is 1. The molecule has 0 aliphatic heterocycles. The predicted molar refractivity (Wildman–Crippen MR) is 114 cm³/mol.